The Morgan fingerprint density at radius 2 is 1.10 bits per heavy atom. The van der Waals surface area contributed by atoms with Crippen LogP contribution in [0.1, 0.15) is 39.7 Å². The molecule has 30 heavy (non-hydrogen) atoms. The molecule has 2 aliphatic carbocycles. The highest BCUT2D eigenvalue weighted by Crippen LogP contribution is 2.61. The molecule has 0 N–H and O–H groups in total. The summed E-state index contributed by atoms with van der Waals surface area (Å²) in [6.45, 7) is 0. The molecule has 4 aromatic carbocycles. The van der Waals surface area contributed by atoms with Crippen molar-refractivity contribution in [1.29, 1.82) is 0 Å². The van der Waals surface area contributed by atoms with E-state index in [0.29, 0.717) is 0 Å². The van der Waals surface area contributed by atoms with Gasteiger partial charge in [0.1, 0.15) is 0 Å². The summed E-state index contributed by atoms with van der Waals surface area (Å²) in [7, 11) is 0. The zero-order valence-electron chi connectivity index (χ0n) is 16.5. The van der Waals surface area contributed by atoms with Crippen LogP contribution in [0.4, 0.5) is 0 Å². The molecule has 0 nitrogen and oxygen atoms in total. The van der Waals surface area contributed by atoms with Gasteiger partial charge in [-0.05, 0) is 38.9 Å². The molecule has 0 aliphatic heterocycles. The van der Waals surface area contributed by atoms with Crippen LogP contribution in [0.5, 0.6) is 0 Å². The summed E-state index contributed by atoms with van der Waals surface area (Å²) in [5.74, 6) is 0.150. The molecule has 0 saturated carbocycles. The zero-order valence-corrected chi connectivity index (χ0v) is 17.3. The van der Waals surface area contributed by atoms with E-state index in [1.807, 2.05) is 0 Å². The maximum absolute atomic E-state index is 7.91. The first-order chi connectivity index (χ1) is 14.8. The van der Waals surface area contributed by atoms with Gasteiger partial charge in [-0.15, -0.1) is 11.6 Å². The van der Waals surface area contributed by atoms with Crippen molar-refractivity contribution in [3.05, 3.63) is 137 Å². The van der Waals surface area contributed by atoms with Gasteiger partial charge in [-0.25, -0.2) is 0 Å². The zero-order chi connectivity index (χ0) is 20.1. The minimum atomic E-state index is -0.632. The molecule has 2 unspecified atom stereocenters. The van der Waals surface area contributed by atoms with Gasteiger partial charge in [0.25, 0.3) is 0 Å². The summed E-state index contributed by atoms with van der Waals surface area (Å²) < 4.78 is 0. The Labute approximate surface area is 182 Å². The van der Waals surface area contributed by atoms with Crippen LogP contribution in [-0.4, -0.2) is 0 Å². The van der Waals surface area contributed by atoms with Gasteiger partial charge >= 0.3 is 0 Å². The summed E-state index contributed by atoms with van der Waals surface area (Å²) in [4.78, 5) is -0.632. The molecule has 1 heteroatoms. The minimum Gasteiger partial charge on any atom is -0.112 e. The molecular formula is C29H21Cl. The average molecular weight is 405 g/mol. The van der Waals surface area contributed by atoms with Gasteiger partial charge in [-0.1, -0.05) is 115 Å². The highest BCUT2D eigenvalue weighted by molar-refractivity contribution is 6.26. The van der Waals surface area contributed by atoms with Gasteiger partial charge in [0.05, 0.1) is 4.87 Å². The molecule has 0 amide bonds. The molecule has 4 aromatic rings. The van der Waals surface area contributed by atoms with Crippen LogP contribution < -0.4 is 0 Å². The van der Waals surface area contributed by atoms with Crippen LogP contribution in [0.25, 0.3) is 17.2 Å². The van der Waals surface area contributed by atoms with E-state index >= 15 is 0 Å². The Hall–Kier alpha value is -3.09. The average Bonchev–Trinajstić information content (AvgIpc) is 3.39. The standard InChI is InChI=1S/C29H21Cl/c30-29(21-11-2-1-3-12-21,27-19-18-20-10-4-5-13-22(20)27)28-25-16-8-6-14-23(25)24-15-7-9-17-26(24)28/h1-19,27-28H. The largest absolute Gasteiger partial charge is 0.112 e. The van der Waals surface area contributed by atoms with Crippen molar-refractivity contribution < 1.29 is 0 Å². The highest BCUT2D eigenvalue weighted by Gasteiger charge is 2.51. The van der Waals surface area contributed by atoms with Crippen molar-refractivity contribution in [2.75, 3.05) is 0 Å². The third kappa shape index (κ3) is 2.41. The van der Waals surface area contributed by atoms with Gasteiger partial charge < -0.3 is 0 Å². The predicted molar refractivity (Wildman–Crippen MR) is 126 cm³/mol. The maximum atomic E-state index is 7.91. The summed E-state index contributed by atoms with van der Waals surface area (Å²) in [6, 6.07) is 36.8. The smallest absolute Gasteiger partial charge is 0.0907 e. The Kier molecular flexibility index (Phi) is 3.97. The number of allylic oxidation sites excluding steroid dienone is 1. The number of fused-ring (bicyclic) bond motifs is 4. The molecule has 2 aliphatic rings. The molecule has 0 spiro atoms. The van der Waals surface area contributed by atoms with Crippen molar-refractivity contribution in [2.45, 2.75) is 16.7 Å². The SMILES string of the molecule is ClC(c1ccccc1)(C1C=Cc2ccccc21)C1c2ccccc2-c2ccccc21. The number of hydrogen-bond donors (Lipinski definition) is 0. The van der Waals surface area contributed by atoms with E-state index in [0.717, 1.165) is 5.56 Å². The van der Waals surface area contributed by atoms with E-state index in [4.69, 9.17) is 11.6 Å². The van der Waals surface area contributed by atoms with Crippen molar-refractivity contribution >= 4 is 17.7 Å². The van der Waals surface area contributed by atoms with E-state index in [9.17, 15) is 0 Å². The highest BCUT2D eigenvalue weighted by atomic mass is 35.5. The Balaban J connectivity index is 1.65. The van der Waals surface area contributed by atoms with Gasteiger partial charge in [0.15, 0.2) is 0 Å². The topological polar surface area (TPSA) is 0 Å². The number of halogens is 1. The Bertz CT molecular complexity index is 1220. The summed E-state index contributed by atoms with van der Waals surface area (Å²) in [5, 5.41) is 0. The number of rotatable bonds is 3. The third-order valence-corrected chi connectivity index (χ3v) is 7.39. The Morgan fingerprint density at radius 3 is 1.77 bits per heavy atom. The second kappa shape index (κ2) is 6.72. The summed E-state index contributed by atoms with van der Waals surface area (Å²) >= 11 is 7.91. The fraction of sp³-hybridized carbons (Fsp3) is 0.103. The van der Waals surface area contributed by atoms with Gasteiger partial charge in [-0.2, -0.15) is 0 Å². The van der Waals surface area contributed by atoms with Crippen molar-refractivity contribution in [1.82, 2.24) is 0 Å². The third-order valence-electron chi connectivity index (χ3n) is 6.72. The maximum Gasteiger partial charge on any atom is 0.0907 e. The minimum absolute atomic E-state index is 0.0646. The van der Waals surface area contributed by atoms with Crippen molar-refractivity contribution in [3.8, 4) is 11.1 Å². The van der Waals surface area contributed by atoms with E-state index in [1.165, 1.54) is 33.4 Å². The molecule has 144 valence electrons. The second-order valence-corrected chi connectivity index (χ2v) is 8.83. The molecule has 0 fully saturated rings. The van der Waals surface area contributed by atoms with E-state index < -0.39 is 4.87 Å². The fourth-order valence-electron chi connectivity index (χ4n) is 5.44. The number of benzene rings is 4. The van der Waals surface area contributed by atoms with Crippen LogP contribution in [0.15, 0.2) is 109 Å². The van der Waals surface area contributed by atoms with Crippen LogP contribution >= 0.6 is 11.6 Å². The Morgan fingerprint density at radius 1 is 0.567 bits per heavy atom. The lowest BCUT2D eigenvalue weighted by molar-refractivity contribution is 0.495. The van der Waals surface area contributed by atoms with Crippen LogP contribution in [0.3, 0.4) is 0 Å². The number of alkyl halides is 1. The molecule has 0 saturated heterocycles. The molecule has 6 rings (SSSR count). The van der Waals surface area contributed by atoms with Crippen molar-refractivity contribution in [2.24, 2.45) is 0 Å². The van der Waals surface area contributed by atoms with Crippen molar-refractivity contribution in [3.63, 3.8) is 0 Å². The molecule has 0 radical (unpaired) electrons. The fourth-order valence-corrected chi connectivity index (χ4v) is 5.99. The molecular weight excluding hydrogens is 384 g/mol. The molecule has 0 heterocycles. The van der Waals surface area contributed by atoms with Gasteiger partial charge in [0.2, 0.25) is 0 Å². The lowest BCUT2D eigenvalue weighted by Gasteiger charge is -2.40. The first kappa shape index (κ1) is 17.7. The van der Waals surface area contributed by atoms with Crippen LogP contribution in [-0.2, 0) is 4.87 Å². The van der Waals surface area contributed by atoms with E-state index in [2.05, 4.69) is 115 Å². The van der Waals surface area contributed by atoms with E-state index in [1.54, 1.807) is 0 Å². The molecule has 0 bridgehead atoms. The lowest BCUT2D eigenvalue weighted by Crippen LogP contribution is -2.33. The van der Waals surface area contributed by atoms with Gasteiger partial charge in [-0.3, -0.25) is 0 Å². The number of hydrogen-bond acceptors (Lipinski definition) is 0. The second-order valence-electron chi connectivity index (χ2n) is 8.21. The first-order valence-electron chi connectivity index (χ1n) is 10.5. The molecule has 2 atom stereocenters. The van der Waals surface area contributed by atoms with Crippen LogP contribution in [0.2, 0.25) is 0 Å². The first-order valence-corrected chi connectivity index (χ1v) is 10.9. The lowest BCUT2D eigenvalue weighted by atomic mass is 9.70. The quantitative estimate of drug-likeness (QED) is 0.306. The van der Waals surface area contributed by atoms with Gasteiger partial charge in [0, 0.05) is 11.8 Å². The monoisotopic (exact) mass is 404 g/mol. The molecule has 0 aromatic heterocycles. The van der Waals surface area contributed by atoms with E-state index in [-0.39, 0.29) is 11.8 Å². The normalized spacial score (nSPS) is 18.5. The van der Waals surface area contributed by atoms with Crippen LogP contribution in [0, 0.1) is 0 Å². The summed E-state index contributed by atoms with van der Waals surface area (Å²) in [5.41, 5.74) is 8.96. The predicted octanol–water partition coefficient (Wildman–Crippen LogP) is 7.74. The summed E-state index contributed by atoms with van der Waals surface area (Å²) in [6.07, 6.45) is 4.53.